The van der Waals surface area contributed by atoms with Crippen LogP contribution in [0.15, 0.2) is 12.3 Å². The van der Waals surface area contributed by atoms with Crippen LogP contribution in [-0.2, 0) is 11.8 Å². The first kappa shape index (κ1) is 19.5. The molecule has 0 spiro atoms. The summed E-state index contributed by atoms with van der Waals surface area (Å²) >= 11 is 0. The Kier molecular flexibility index (Phi) is 7.06. The van der Waals surface area contributed by atoms with Gasteiger partial charge in [-0.05, 0) is 46.1 Å². The summed E-state index contributed by atoms with van der Waals surface area (Å²) in [6.45, 7) is 12.6. The van der Waals surface area contributed by atoms with E-state index in [0.717, 1.165) is 12.1 Å². The van der Waals surface area contributed by atoms with Crippen molar-refractivity contribution in [2.45, 2.75) is 65.6 Å². The second-order valence-corrected chi connectivity index (χ2v) is 7.48. The topological polar surface area (TPSA) is 68.2 Å². The average Bonchev–Trinajstić information content (AvgIpc) is 2.79. The third kappa shape index (κ3) is 7.50. The number of hydrogen-bond acceptors (Lipinski definition) is 4. The zero-order valence-electron chi connectivity index (χ0n) is 15.5. The number of carbonyl (C=O) groups excluding carboxylic acids is 1. The van der Waals surface area contributed by atoms with Crippen LogP contribution in [0.4, 0.5) is 4.79 Å². The normalized spacial score (nSPS) is 14.6. The van der Waals surface area contributed by atoms with Gasteiger partial charge in [0.15, 0.2) is 0 Å². The number of amides is 1. The van der Waals surface area contributed by atoms with E-state index in [9.17, 15) is 4.79 Å². The molecule has 0 aliphatic carbocycles. The Bertz CT molecular complexity index is 491. The summed E-state index contributed by atoms with van der Waals surface area (Å²) in [5, 5.41) is 10.6. The van der Waals surface area contributed by atoms with Gasteiger partial charge in [-0.25, -0.2) is 4.79 Å². The monoisotopic (exact) mass is 324 g/mol. The van der Waals surface area contributed by atoms with Crippen molar-refractivity contribution in [2.75, 3.05) is 6.54 Å². The number of nitrogens with zero attached hydrogens (tertiary/aromatic N) is 2. The summed E-state index contributed by atoms with van der Waals surface area (Å²) in [4.78, 5) is 11.8. The quantitative estimate of drug-likeness (QED) is 0.809. The molecule has 1 aromatic heterocycles. The van der Waals surface area contributed by atoms with Crippen LogP contribution in [0.3, 0.4) is 0 Å². The number of aryl methyl sites for hydroxylation is 1. The molecule has 132 valence electrons. The predicted molar refractivity (Wildman–Crippen MR) is 92.2 cm³/mol. The molecule has 0 aromatic carbocycles. The van der Waals surface area contributed by atoms with Gasteiger partial charge in [-0.1, -0.05) is 13.8 Å². The van der Waals surface area contributed by atoms with E-state index in [4.69, 9.17) is 4.74 Å². The molecule has 1 rings (SSSR count). The number of nitrogens with one attached hydrogen (secondary N) is 2. The van der Waals surface area contributed by atoms with Crippen LogP contribution >= 0.6 is 0 Å². The maximum Gasteiger partial charge on any atom is 0.407 e. The summed E-state index contributed by atoms with van der Waals surface area (Å²) < 4.78 is 7.16. The highest BCUT2D eigenvalue weighted by atomic mass is 16.6. The van der Waals surface area contributed by atoms with Crippen molar-refractivity contribution in [3.63, 3.8) is 0 Å². The molecule has 0 aliphatic heterocycles. The number of ether oxygens (including phenoxy) is 1. The van der Waals surface area contributed by atoms with Gasteiger partial charge in [0, 0.05) is 31.9 Å². The zero-order valence-corrected chi connectivity index (χ0v) is 15.5. The van der Waals surface area contributed by atoms with Crippen LogP contribution in [0.25, 0.3) is 0 Å². The highest BCUT2D eigenvalue weighted by Crippen LogP contribution is 2.14. The van der Waals surface area contributed by atoms with E-state index in [0.29, 0.717) is 12.5 Å². The molecule has 0 bridgehead atoms. The molecule has 1 amide bonds. The Labute approximate surface area is 140 Å². The maximum absolute atomic E-state index is 11.8. The van der Waals surface area contributed by atoms with Crippen molar-refractivity contribution in [1.82, 2.24) is 20.4 Å². The molecule has 0 aliphatic rings. The smallest absolute Gasteiger partial charge is 0.407 e. The van der Waals surface area contributed by atoms with Crippen LogP contribution in [0.2, 0.25) is 0 Å². The minimum Gasteiger partial charge on any atom is -0.444 e. The Balaban J connectivity index is 2.59. The summed E-state index contributed by atoms with van der Waals surface area (Å²) in [6.07, 6.45) is 2.39. The van der Waals surface area contributed by atoms with Gasteiger partial charge >= 0.3 is 6.09 Å². The molecule has 1 heterocycles. The Hall–Kier alpha value is -1.56. The summed E-state index contributed by atoms with van der Waals surface area (Å²) in [5.41, 5.74) is 0.642. The molecule has 23 heavy (non-hydrogen) atoms. The standard InChI is InChI=1S/C17H32N4O2/c1-12(2)10-14(11-18-16(22)23-17(4,5)6)20-13(3)15-8-9-19-21(15)7/h8-9,12-14,20H,10-11H2,1-7H3,(H,18,22). The van der Waals surface area contributed by atoms with Crippen LogP contribution in [0.5, 0.6) is 0 Å². The van der Waals surface area contributed by atoms with Crippen molar-refractivity contribution in [1.29, 1.82) is 0 Å². The predicted octanol–water partition coefficient (Wildman–Crippen LogP) is 3.01. The highest BCUT2D eigenvalue weighted by Gasteiger charge is 2.20. The maximum atomic E-state index is 11.8. The Morgan fingerprint density at radius 1 is 1.35 bits per heavy atom. The van der Waals surface area contributed by atoms with E-state index < -0.39 is 5.60 Å². The molecule has 0 fully saturated rings. The van der Waals surface area contributed by atoms with Gasteiger partial charge in [-0.15, -0.1) is 0 Å². The van der Waals surface area contributed by atoms with E-state index >= 15 is 0 Å². The second kappa shape index (κ2) is 8.34. The van der Waals surface area contributed by atoms with E-state index in [1.807, 2.05) is 38.6 Å². The lowest BCUT2D eigenvalue weighted by Gasteiger charge is -2.26. The van der Waals surface area contributed by atoms with Gasteiger partial charge in [0.25, 0.3) is 0 Å². The van der Waals surface area contributed by atoms with Gasteiger partial charge in [0.1, 0.15) is 5.60 Å². The fourth-order valence-corrected chi connectivity index (χ4v) is 2.55. The third-order valence-electron chi connectivity index (χ3n) is 3.44. The van der Waals surface area contributed by atoms with E-state index in [1.165, 1.54) is 0 Å². The van der Waals surface area contributed by atoms with Gasteiger partial charge in [0.05, 0.1) is 5.69 Å². The molecular formula is C17H32N4O2. The molecule has 2 unspecified atom stereocenters. The van der Waals surface area contributed by atoms with Crippen molar-refractivity contribution in [3.8, 4) is 0 Å². The molecule has 6 heteroatoms. The lowest BCUT2D eigenvalue weighted by molar-refractivity contribution is 0.0520. The summed E-state index contributed by atoms with van der Waals surface area (Å²) in [6, 6.07) is 2.34. The summed E-state index contributed by atoms with van der Waals surface area (Å²) in [7, 11) is 1.93. The number of hydrogen-bond donors (Lipinski definition) is 2. The molecule has 6 nitrogen and oxygen atoms in total. The lowest BCUT2D eigenvalue weighted by atomic mass is 10.0. The molecular weight excluding hydrogens is 292 g/mol. The number of alkyl carbamates (subject to hydrolysis) is 1. The minimum atomic E-state index is -0.479. The first-order valence-corrected chi connectivity index (χ1v) is 8.29. The van der Waals surface area contributed by atoms with Crippen molar-refractivity contribution in [3.05, 3.63) is 18.0 Å². The number of rotatable bonds is 7. The highest BCUT2D eigenvalue weighted by molar-refractivity contribution is 5.67. The fraction of sp³-hybridized carbons (Fsp3) is 0.765. The fourth-order valence-electron chi connectivity index (χ4n) is 2.55. The number of carbonyl (C=O) groups is 1. The van der Waals surface area contributed by atoms with E-state index in [1.54, 1.807) is 6.20 Å². The number of aromatic nitrogens is 2. The van der Waals surface area contributed by atoms with Gasteiger partial charge in [0.2, 0.25) is 0 Å². The van der Waals surface area contributed by atoms with Crippen molar-refractivity contribution >= 4 is 6.09 Å². The second-order valence-electron chi connectivity index (χ2n) is 7.48. The Morgan fingerprint density at radius 3 is 2.48 bits per heavy atom. The van der Waals surface area contributed by atoms with Gasteiger partial charge in [-0.3, -0.25) is 4.68 Å². The zero-order chi connectivity index (χ0) is 17.6. The van der Waals surface area contributed by atoms with Crippen LogP contribution in [-0.4, -0.2) is 34.1 Å². The average molecular weight is 324 g/mol. The largest absolute Gasteiger partial charge is 0.444 e. The van der Waals surface area contributed by atoms with Crippen molar-refractivity contribution < 1.29 is 9.53 Å². The molecule has 0 radical (unpaired) electrons. The molecule has 2 N–H and O–H groups in total. The lowest BCUT2D eigenvalue weighted by Crippen LogP contribution is -2.44. The van der Waals surface area contributed by atoms with E-state index in [2.05, 4.69) is 36.5 Å². The first-order valence-electron chi connectivity index (χ1n) is 8.29. The molecule has 0 saturated carbocycles. The molecule has 2 atom stereocenters. The van der Waals surface area contributed by atoms with Gasteiger partial charge < -0.3 is 15.4 Å². The van der Waals surface area contributed by atoms with Crippen LogP contribution in [0.1, 0.15) is 59.7 Å². The van der Waals surface area contributed by atoms with Crippen molar-refractivity contribution in [2.24, 2.45) is 13.0 Å². The SMILES string of the molecule is CC(C)CC(CNC(=O)OC(C)(C)C)NC(C)c1ccnn1C. The van der Waals surface area contributed by atoms with Crippen LogP contribution in [0, 0.1) is 5.92 Å². The third-order valence-corrected chi connectivity index (χ3v) is 3.44. The van der Waals surface area contributed by atoms with Gasteiger partial charge in [-0.2, -0.15) is 5.10 Å². The minimum absolute atomic E-state index is 0.159. The molecule has 1 aromatic rings. The molecule has 0 saturated heterocycles. The summed E-state index contributed by atoms with van der Waals surface area (Å²) in [5.74, 6) is 0.534. The Morgan fingerprint density at radius 2 is 2.00 bits per heavy atom. The van der Waals surface area contributed by atoms with Crippen LogP contribution < -0.4 is 10.6 Å². The van der Waals surface area contributed by atoms with E-state index in [-0.39, 0.29) is 18.2 Å². The first-order chi connectivity index (χ1) is 10.6.